The molecule has 2 saturated carbocycles. The van der Waals surface area contributed by atoms with Crippen LogP contribution in [0.4, 0.5) is 0 Å². The number of nitrogens with zero attached hydrogens (tertiary/aromatic N) is 1. The molecule has 0 unspecified atom stereocenters. The number of H-pyrrole nitrogens is 1. The van der Waals surface area contributed by atoms with Crippen molar-refractivity contribution < 1.29 is 4.79 Å². The minimum Gasteiger partial charge on any atom is -0.355 e. The number of hydrogen-bond acceptors (Lipinski definition) is 2. The zero-order valence-corrected chi connectivity index (χ0v) is 13.3. The van der Waals surface area contributed by atoms with E-state index in [1.165, 1.54) is 31.2 Å². The van der Waals surface area contributed by atoms with Gasteiger partial charge in [0, 0.05) is 24.9 Å². The van der Waals surface area contributed by atoms with E-state index in [4.69, 9.17) is 0 Å². The smallest absolute Gasteiger partial charge is 0.231 e. The molecule has 4 heteroatoms. The van der Waals surface area contributed by atoms with Gasteiger partial charge in [-0.2, -0.15) is 0 Å². The maximum atomic E-state index is 13.1. The number of carbonyl (C=O) groups is 1. The lowest BCUT2D eigenvalue weighted by Crippen LogP contribution is -2.39. The van der Waals surface area contributed by atoms with Gasteiger partial charge in [0.25, 0.3) is 0 Å². The third-order valence-electron chi connectivity index (χ3n) is 5.83. The summed E-state index contributed by atoms with van der Waals surface area (Å²) in [4.78, 5) is 20.2. The molecular weight excluding hydrogens is 286 g/mol. The highest BCUT2D eigenvalue weighted by molar-refractivity contribution is 5.93. The van der Waals surface area contributed by atoms with Gasteiger partial charge < -0.3 is 10.3 Å². The Kier molecular flexibility index (Phi) is 3.47. The van der Waals surface area contributed by atoms with E-state index in [9.17, 15) is 4.79 Å². The maximum absolute atomic E-state index is 13.1. The number of hydrogen-bond donors (Lipinski definition) is 2. The summed E-state index contributed by atoms with van der Waals surface area (Å²) in [7, 11) is 0. The first-order chi connectivity index (χ1) is 11.3. The van der Waals surface area contributed by atoms with Crippen LogP contribution in [0.5, 0.6) is 0 Å². The molecule has 1 amide bonds. The molecule has 2 N–H and O–H groups in total. The van der Waals surface area contributed by atoms with Crippen LogP contribution < -0.4 is 5.32 Å². The number of carbonyl (C=O) groups excluding carboxylic acids is 1. The standard InChI is InChI=1S/C19H23N3O/c23-17(21-11-8-16-12-20-14-22-16)19(15-6-2-1-3-7-15)13-18(19)9-4-5-10-18/h1-3,6-7,12,14H,4-5,8-11,13H2,(H,20,22)(H,21,23)/t19-/m0/s1. The predicted molar refractivity (Wildman–Crippen MR) is 88.9 cm³/mol. The van der Waals surface area contributed by atoms with Gasteiger partial charge in [0.2, 0.25) is 5.91 Å². The highest BCUT2D eigenvalue weighted by Crippen LogP contribution is 2.72. The monoisotopic (exact) mass is 309 g/mol. The van der Waals surface area contributed by atoms with Crippen LogP contribution in [-0.4, -0.2) is 22.4 Å². The van der Waals surface area contributed by atoms with Gasteiger partial charge in [-0.15, -0.1) is 0 Å². The van der Waals surface area contributed by atoms with Gasteiger partial charge in [-0.3, -0.25) is 4.79 Å². The summed E-state index contributed by atoms with van der Waals surface area (Å²) in [6.07, 6.45) is 10.2. The van der Waals surface area contributed by atoms with Crippen LogP contribution in [0.15, 0.2) is 42.9 Å². The van der Waals surface area contributed by atoms with Gasteiger partial charge in [0.15, 0.2) is 0 Å². The van der Waals surface area contributed by atoms with E-state index in [1.54, 1.807) is 6.33 Å². The minimum atomic E-state index is -0.293. The van der Waals surface area contributed by atoms with Gasteiger partial charge in [0.05, 0.1) is 11.7 Å². The summed E-state index contributed by atoms with van der Waals surface area (Å²) in [5.74, 6) is 0.213. The Morgan fingerprint density at radius 3 is 2.70 bits per heavy atom. The van der Waals surface area contributed by atoms with Crippen LogP contribution >= 0.6 is 0 Å². The maximum Gasteiger partial charge on any atom is 0.231 e. The van der Waals surface area contributed by atoms with Crippen molar-refractivity contribution in [3.05, 3.63) is 54.1 Å². The van der Waals surface area contributed by atoms with E-state index in [0.29, 0.717) is 6.54 Å². The molecule has 0 aliphatic heterocycles. The molecule has 1 spiro atoms. The van der Waals surface area contributed by atoms with E-state index < -0.39 is 0 Å². The lowest BCUT2D eigenvalue weighted by atomic mass is 9.84. The number of benzene rings is 1. The lowest BCUT2D eigenvalue weighted by molar-refractivity contribution is -0.124. The molecule has 0 radical (unpaired) electrons. The van der Waals surface area contributed by atoms with Crippen LogP contribution in [0.25, 0.3) is 0 Å². The second-order valence-electron chi connectivity index (χ2n) is 7.02. The van der Waals surface area contributed by atoms with Gasteiger partial charge in [-0.05, 0) is 30.2 Å². The molecule has 0 saturated heterocycles. The van der Waals surface area contributed by atoms with Crippen molar-refractivity contribution in [3.63, 3.8) is 0 Å². The fourth-order valence-corrected chi connectivity index (χ4v) is 4.58. The van der Waals surface area contributed by atoms with Crippen molar-refractivity contribution in [3.8, 4) is 0 Å². The van der Waals surface area contributed by atoms with Gasteiger partial charge >= 0.3 is 0 Å². The third kappa shape index (κ3) is 2.28. The molecule has 4 rings (SSSR count). The molecule has 23 heavy (non-hydrogen) atoms. The predicted octanol–water partition coefficient (Wildman–Crippen LogP) is 2.97. The summed E-state index contributed by atoms with van der Waals surface area (Å²) in [5, 5.41) is 3.19. The molecule has 1 heterocycles. The van der Waals surface area contributed by atoms with Crippen LogP contribution in [0.3, 0.4) is 0 Å². The molecule has 2 aliphatic carbocycles. The molecule has 1 aromatic carbocycles. The highest BCUT2D eigenvalue weighted by Gasteiger charge is 2.72. The van der Waals surface area contributed by atoms with Crippen molar-refractivity contribution in [1.82, 2.24) is 15.3 Å². The average molecular weight is 309 g/mol. The molecule has 2 aromatic rings. The second kappa shape index (κ2) is 5.52. The zero-order chi connectivity index (χ0) is 15.8. The van der Waals surface area contributed by atoms with E-state index in [-0.39, 0.29) is 16.7 Å². The summed E-state index contributed by atoms with van der Waals surface area (Å²) < 4.78 is 0. The zero-order valence-electron chi connectivity index (χ0n) is 13.3. The van der Waals surface area contributed by atoms with Crippen LogP contribution in [0.1, 0.15) is 43.4 Å². The molecule has 1 atom stereocenters. The molecule has 1 aromatic heterocycles. The first-order valence-electron chi connectivity index (χ1n) is 8.58. The molecule has 2 fully saturated rings. The molecule has 2 aliphatic rings. The SMILES string of the molecule is O=C(NCCc1cnc[nH]1)[C@@]1(c2ccccc2)CC12CCCC2. The second-order valence-corrected chi connectivity index (χ2v) is 7.02. The van der Waals surface area contributed by atoms with Crippen molar-refractivity contribution in [2.75, 3.05) is 6.54 Å². The fraction of sp³-hybridized carbons (Fsp3) is 0.474. The van der Waals surface area contributed by atoms with Gasteiger partial charge in [0.1, 0.15) is 0 Å². The summed E-state index contributed by atoms with van der Waals surface area (Å²) >= 11 is 0. The van der Waals surface area contributed by atoms with Crippen molar-refractivity contribution in [2.24, 2.45) is 5.41 Å². The normalized spacial score (nSPS) is 24.7. The van der Waals surface area contributed by atoms with Gasteiger partial charge in [-0.25, -0.2) is 4.98 Å². The molecule has 4 nitrogen and oxygen atoms in total. The number of rotatable bonds is 5. The fourth-order valence-electron chi connectivity index (χ4n) is 4.58. The van der Waals surface area contributed by atoms with Crippen molar-refractivity contribution >= 4 is 5.91 Å². The quantitative estimate of drug-likeness (QED) is 0.892. The minimum absolute atomic E-state index is 0.213. The summed E-state index contributed by atoms with van der Waals surface area (Å²) in [6, 6.07) is 10.4. The number of amides is 1. The lowest BCUT2D eigenvalue weighted by Gasteiger charge is -2.22. The summed E-state index contributed by atoms with van der Waals surface area (Å²) in [6.45, 7) is 0.658. The number of nitrogens with one attached hydrogen (secondary N) is 2. The number of aromatic amines is 1. The van der Waals surface area contributed by atoms with E-state index in [0.717, 1.165) is 18.5 Å². The van der Waals surface area contributed by atoms with Crippen molar-refractivity contribution in [1.29, 1.82) is 0 Å². The Morgan fingerprint density at radius 2 is 2.00 bits per heavy atom. The average Bonchev–Trinajstić information content (AvgIpc) is 2.93. The Morgan fingerprint density at radius 1 is 1.22 bits per heavy atom. The van der Waals surface area contributed by atoms with Gasteiger partial charge in [-0.1, -0.05) is 43.2 Å². The number of aromatic nitrogens is 2. The topological polar surface area (TPSA) is 57.8 Å². The Labute approximate surface area is 136 Å². The Bertz CT molecular complexity index is 674. The Balaban J connectivity index is 1.51. The van der Waals surface area contributed by atoms with Crippen molar-refractivity contribution in [2.45, 2.75) is 43.9 Å². The van der Waals surface area contributed by atoms with E-state index in [1.807, 2.05) is 12.3 Å². The third-order valence-corrected chi connectivity index (χ3v) is 5.83. The highest BCUT2D eigenvalue weighted by atomic mass is 16.2. The largest absolute Gasteiger partial charge is 0.355 e. The number of imidazole rings is 1. The van der Waals surface area contributed by atoms with E-state index in [2.05, 4.69) is 39.6 Å². The van der Waals surface area contributed by atoms with Crippen LogP contribution in [0, 0.1) is 5.41 Å². The first-order valence-corrected chi connectivity index (χ1v) is 8.58. The first kappa shape index (κ1) is 14.5. The van der Waals surface area contributed by atoms with Crippen LogP contribution in [-0.2, 0) is 16.6 Å². The molecular formula is C19H23N3O. The summed E-state index contributed by atoms with van der Waals surface area (Å²) in [5.41, 5.74) is 2.18. The van der Waals surface area contributed by atoms with E-state index >= 15 is 0 Å². The van der Waals surface area contributed by atoms with Crippen LogP contribution in [0.2, 0.25) is 0 Å². The Hall–Kier alpha value is -2.10. The molecule has 120 valence electrons. The molecule has 0 bridgehead atoms.